The molecule has 2 aromatic heterocycles. The molecule has 2 rings (SSSR count). The zero-order valence-corrected chi connectivity index (χ0v) is 9.54. The molecule has 0 bridgehead atoms. The Morgan fingerprint density at radius 1 is 1.17 bits per heavy atom. The van der Waals surface area contributed by atoms with Crippen LogP contribution in [0.25, 0.3) is 0 Å². The fourth-order valence-corrected chi connectivity index (χ4v) is 1.31. The number of hydrogen-bond acceptors (Lipinski definition) is 4. The molecule has 2 N–H and O–H groups in total. The number of nitrogen functional groups attached to an aromatic ring is 1. The number of aromatic nitrogens is 3. The van der Waals surface area contributed by atoms with E-state index >= 15 is 0 Å². The largest absolute Gasteiger partial charge is 0.383 e. The highest BCUT2D eigenvalue weighted by Crippen LogP contribution is 2.15. The summed E-state index contributed by atoms with van der Waals surface area (Å²) in [7, 11) is 0. The second-order valence-electron chi connectivity index (χ2n) is 3.16. The van der Waals surface area contributed by atoms with Gasteiger partial charge >= 0.3 is 0 Å². The van der Waals surface area contributed by atoms with Gasteiger partial charge in [0.1, 0.15) is 34.4 Å². The number of rotatable bonds is 0. The van der Waals surface area contributed by atoms with Crippen LogP contribution in [0.2, 0.25) is 5.15 Å². The molecule has 2 heterocycles. The van der Waals surface area contributed by atoms with Crippen LogP contribution in [0.5, 0.6) is 0 Å². The van der Waals surface area contributed by atoms with Crippen molar-refractivity contribution in [3.05, 3.63) is 46.6 Å². The fraction of sp³-hybridized carbons (Fsp3) is 0. The molecular formula is C11H5ClF2N4. The van der Waals surface area contributed by atoms with Crippen molar-refractivity contribution in [1.29, 1.82) is 0 Å². The summed E-state index contributed by atoms with van der Waals surface area (Å²) in [6, 6.07) is 0.684. The Labute approximate surface area is 106 Å². The van der Waals surface area contributed by atoms with Crippen LogP contribution in [0.4, 0.5) is 14.6 Å². The highest BCUT2D eigenvalue weighted by Gasteiger charge is 2.05. The van der Waals surface area contributed by atoms with E-state index in [9.17, 15) is 8.78 Å². The molecule has 0 amide bonds. The number of nitrogens with two attached hydrogens (primary N) is 1. The van der Waals surface area contributed by atoms with Crippen molar-refractivity contribution in [3.63, 3.8) is 0 Å². The predicted molar refractivity (Wildman–Crippen MR) is 61.6 cm³/mol. The van der Waals surface area contributed by atoms with Crippen LogP contribution in [0.3, 0.4) is 0 Å². The zero-order valence-electron chi connectivity index (χ0n) is 8.78. The summed E-state index contributed by atoms with van der Waals surface area (Å²) in [6.07, 6.45) is 2.04. The first kappa shape index (κ1) is 12.2. The molecule has 0 aromatic carbocycles. The molecule has 0 radical (unpaired) electrons. The SMILES string of the molecule is Nc1ncnc(Cl)c1C#Cc1ncc(F)cc1F. The Bertz CT molecular complexity index is 644. The molecule has 0 spiro atoms. The van der Waals surface area contributed by atoms with Crippen LogP contribution >= 0.6 is 11.6 Å². The second kappa shape index (κ2) is 4.94. The van der Waals surface area contributed by atoms with Crippen LogP contribution in [0, 0.1) is 23.5 Å². The molecule has 18 heavy (non-hydrogen) atoms. The van der Waals surface area contributed by atoms with Gasteiger partial charge in [-0.1, -0.05) is 17.5 Å². The molecule has 0 saturated carbocycles. The van der Waals surface area contributed by atoms with Crippen LogP contribution in [0.1, 0.15) is 11.3 Å². The van der Waals surface area contributed by atoms with Crippen LogP contribution < -0.4 is 5.73 Å². The molecule has 90 valence electrons. The average molecular weight is 267 g/mol. The standard InChI is InChI=1S/C11H5ClF2N4/c12-10-7(11(15)18-5-17-10)1-2-9-8(14)3-6(13)4-16-9/h3-5H,(H2,15,17,18). The van der Waals surface area contributed by atoms with E-state index in [0.29, 0.717) is 6.07 Å². The molecule has 0 atom stereocenters. The molecule has 0 unspecified atom stereocenters. The summed E-state index contributed by atoms with van der Waals surface area (Å²) in [6.45, 7) is 0. The van der Waals surface area contributed by atoms with E-state index in [2.05, 4.69) is 26.8 Å². The first-order valence-electron chi connectivity index (χ1n) is 4.67. The number of hydrogen-bond donors (Lipinski definition) is 1. The van der Waals surface area contributed by atoms with Gasteiger partial charge in [-0.3, -0.25) is 0 Å². The van der Waals surface area contributed by atoms with Gasteiger partial charge in [0.2, 0.25) is 0 Å². The topological polar surface area (TPSA) is 64.7 Å². The molecule has 0 saturated heterocycles. The number of pyridine rings is 1. The van der Waals surface area contributed by atoms with E-state index in [1.807, 2.05) is 0 Å². The third kappa shape index (κ3) is 2.52. The Hall–Kier alpha value is -2.26. The van der Waals surface area contributed by atoms with Gasteiger partial charge in [0.15, 0.2) is 5.82 Å². The molecule has 4 nitrogen and oxygen atoms in total. The molecule has 2 aromatic rings. The molecular weight excluding hydrogens is 262 g/mol. The van der Waals surface area contributed by atoms with E-state index in [4.69, 9.17) is 17.3 Å². The smallest absolute Gasteiger partial charge is 0.160 e. The van der Waals surface area contributed by atoms with Crippen LogP contribution in [-0.2, 0) is 0 Å². The summed E-state index contributed by atoms with van der Waals surface area (Å²) < 4.78 is 25.9. The van der Waals surface area contributed by atoms with Crippen LogP contribution in [-0.4, -0.2) is 15.0 Å². The van der Waals surface area contributed by atoms with Gasteiger partial charge < -0.3 is 5.73 Å². The van der Waals surface area contributed by atoms with E-state index in [0.717, 1.165) is 6.20 Å². The van der Waals surface area contributed by atoms with Gasteiger partial charge in [-0.25, -0.2) is 23.7 Å². The quantitative estimate of drug-likeness (QED) is 0.583. The zero-order chi connectivity index (χ0) is 13.1. The molecule has 0 aliphatic heterocycles. The van der Waals surface area contributed by atoms with Crippen LogP contribution in [0.15, 0.2) is 18.6 Å². The maximum absolute atomic E-state index is 13.3. The number of halogens is 3. The normalized spacial score (nSPS) is 9.72. The van der Waals surface area contributed by atoms with Crippen molar-refractivity contribution in [1.82, 2.24) is 15.0 Å². The van der Waals surface area contributed by atoms with Crippen molar-refractivity contribution in [2.75, 3.05) is 5.73 Å². The first-order valence-corrected chi connectivity index (χ1v) is 5.05. The van der Waals surface area contributed by atoms with E-state index in [1.165, 1.54) is 6.33 Å². The Kier molecular flexibility index (Phi) is 3.35. The van der Waals surface area contributed by atoms with E-state index < -0.39 is 11.6 Å². The molecule has 0 aliphatic carbocycles. The minimum Gasteiger partial charge on any atom is -0.383 e. The monoisotopic (exact) mass is 266 g/mol. The lowest BCUT2D eigenvalue weighted by atomic mass is 10.2. The van der Waals surface area contributed by atoms with Crippen molar-refractivity contribution in [3.8, 4) is 11.8 Å². The highest BCUT2D eigenvalue weighted by molar-refractivity contribution is 6.30. The van der Waals surface area contributed by atoms with E-state index in [-0.39, 0.29) is 22.2 Å². The summed E-state index contributed by atoms with van der Waals surface area (Å²) in [5.74, 6) is 3.32. The first-order chi connectivity index (χ1) is 8.58. The van der Waals surface area contributed by atoms with Gasteiger partial charge in [-0.05, 0) is 5.92 Å². The molecule has 0 aliphatic rings. The van der Waals surface area contributed by atoms with Gasteiger partial charge in [0.25, 0.3) is 0 Å². The predicted octanol–water partition coefficient (Wildman–Crippen LogP) is 1.79. The van der Waals surface area contributed by atoms with Gasteiger partial charge in [0.05, 0.1) is 6.20 Å². The van der Waals surface area contributed by atoms with Crippen molar-refractivity contribution in [2.45, 2.75) is 0 Å². The van der Waals surface area contributed by atoms with Crippen molar-refractivity contribution >= 4 is 17.4 Å². The second-order valence-corrected chi connectivity index (χ2v) is 3.52. The average Bonchev–Trinajstić information content (AvgIpc) is 2.31. The van der Waals surface area contributed by atoms with Crippen molar-refractivity contribution in [2.24, 2.45) is 0 Å². The Morgan fingerprint density at radius 3 is 2.61 bits per heavy atom. The minimum atomic E-state index is -0.867. The number of anilines is 1. The summed E-state index contributed by atoms with van der Waals surface area (Å²) in [5, 5.41) is 0.0533. The maximum Gasteiger partial charge on any atom is 0.160 e. The van der Waals surface area contributed by atoms with Gasteiger partial charge in [-0.2, -0.15) is 0 Å². The molecule has 0 fully saturated rings. The summed E-state index contributed by atoms with van der Waals surface area (Å²) in [5.41, 5.74) is 5.49. The minimum absolute atomic E-state index is 0.0533. The number of nitrogens with zero attached hydrogens (tertiary/aromatic N) is 3. The van der Waals surface area contributed by atoms with Gasteiger partial charge in [0, 0.05) is 6.07 Å². The maximum atomic E-state index is 13.3. The fourth-order valence-electron chi connectivity index (χ4n) is 1.12. The highest BCUT2D eigenvalue weighted by atomic mass is 35.5. The van der Waals surface area contributed by atoms with Gasteiger partial charge in [-0.15, -0.1) is 0 Å². The lowest BCUT2D eigenvalue weighted by Crippen LogP contribution is -1.97. The van der Waals surface area contributed by atoms with E-state index in [1.54, 1.807) is 0 Å². The third-order valence-electron chi connectivity index (χ3n) is 1.94. The Morgan fingerprint density at radius 2 is 1.94 bits per heavy atom. The summed E-state index contributed by atoms with van der Waals surface area (Å²) >= 11 is 5.75. The lowest BCUT2D eigenvalue weighted by Gasteiger charge is -1.97. The summed E-state index contributed by atoms with van der Waals surface area (Å²) in [4.78, 5) is 10.9. The molecule has 7 heteroatoms. The third-order valence-corrected chi connectivity index (χ3v) is 2.23. The van der Waals surface area contributed by atoms with Crippen molar-refractivity contribution < 1.29 is 8.78 Å². The Balaban J connectivity index is 2.43. The lowest BCUT2D eigenvalue weighted by molar-refractivity contribution is 0.570.